The van der Waals surface area contributed by atoms with Gasteiger partial charge in [-0.2, -0.15) is 0 Å². The highest BCUT2D eigenvalue weighted by molar-refractivity contribution is 8.00. The zero-order valence-corrected chi connectivity index (χ0v) is 13.1. The molecule has 1 saturated carbocycles. The number of rotatable bonds is 4. The lowest BCUT2D eigenvalue weighted by molar-refractivity contribution is -0.117. The number of nitrogens with two attached hydrogens (primary N) is 1. The molecule has 114 valence electrons. The largest absolute Gasteiger partial charge is 0.398 e. The predicted octanol–water partition coefficient (Wildman–Crippen LogP) is 2.78. The molecule has 0 unspecified atom stereocenters. The Morgan fingerprint density at radius 3 is 2.71 bits per heavy atom. The van der Waals surface area contributed by atoms with Crippen LogP contribution in [0.25, 0.3) is 0 Å². The molecule has 1 aromatic carbocycles. The Hall–Kier alpha value is -1.40. The van der Waals surface area contributed by atoms with Gasteiger partial charge in [0.25, 0.3) is 0 Å². The molecule has 0 heterocycles. The third-order valence-electron chi connectivity index (χ3n) is 3.27. The number of carbonyl (C=O) groups excluding carboxylic acids is 2. The van der Waals surface area contributed by atoms with Gasteiger partial charge < -0.3 is 11.1 Å². The van der Waals surface area contributed by atoms with Gasteiger partial charge in [0.2, 0.25) is 5.91 Å². The molecule has 1 fully saturated rings. The molecule has 1 aliphatic rings. The highest BCUT2D eigenvalue weighted by Crippen LogP contribution is 2.27. The Labute approximate surface area is 133 Å². The van der Waals surface area contributed by atoms with E-state index in [0.29, 0.717) is 10.7 Å². The maximum Gasteiger partial charge on any atom is 0.321 e. The monoisotopic (exact) mass is 327 g/mol. The Balaban J connectivity index is 1.75. The fourth-order valence-electron chi connectivity index (χ4n) is 2.25. The fourth-order valence-corrected chi connectivity index (χ4v) is 3.18. The van der Waals surface area contributed by atoms with Crippen LogP contribution in [0.3, 0.4) is 0 Å². The van der Waals surface area contributed by atoms with Crippen LogP contribution in [0.5, 0.6) is 0 Å². The van der Waals surface area contributed by atoms with E-state index in [2.05, 4.69) is 10.6 Å². The molecule has 0 radical (unpaired) electrons. The summed E-state index contributed by atoms with van der Waals surface area (Å²) >= 11 is 7.08. The molecule has 21 heavy (non-hydrogen) atoms. The Kier molecular flexibility index (Phi) is 5.76. The summed E-state index contributed by atoms with van der Waals surface area (Å²) in [5.41, 5.74) is 6.33. The van der Waals surface area contributed by atoms with Crippen molar-refractivity contribution < 1.29 is 9.59 Å². The first kappa shape index (κ1) is 16.0. The molecule has 0 aromatic heterocycles. The SMILES string of the molecule is Nc1cc(Cl)ccc1SCC(=O)NC(=O)NC1CCCC1. The van der Waals surface area contributed by atoms with E-state index in [9.17, 15) is 9.59 Å². The first-order valence-corrected chi connectivity index (χ1v) is 8.19. The van der Waals surface area contributed by atoms with Crippen LogP contribution >= 0.6 is 23.4 Å². The Morgan fingerprint density at radius 1 is 1.33 bits per heavy atom. The lowest BCUT2D eigenvalue weighted by atomic mass is 10.2. The van der Waals surface area contributed by atoms with Crippen LogP contribution in [0.4, 0.5) is 10.5 Å². The summed E-state index contributed by atoms with van der Waals surface area (Å²) in [5, 5.41) is 5.69. The van der Waals surface area contributed by atoms with Crippen LogP contribution in [0.15, 0.2) is 23.1 Å². The molecule has 0 spiro atoms. The quantitative estimate of drug-likeness (QED) is 0.586. The van der Waals surface area contributed by atoms with Crippen molar-refractivity contribution in [2.45, 2.75) is 36.6 Å². The smallest absolute Gasteiger partial charge is 0.321 e. The van der Waals surface area contributed by atoms with Crippen molar-refractivity contribution in [2.75, 3.05) is 11.5 Å². The zero-order chi connectivity index (χ0) is 15.2. The van der Waals surface area contributed by atoms with Crippen LogP contribution in [-0.2, 0) is 4.79 Å². The lowest BCUT2D eigenvalue weighted by Crippen LogP contribution is -2.44. The van der Waals surface area contributed by atoms with E-state index in [1.54, 1.807) is 18.2 Å². The summed E-state index contributed by atoms with van der Waals surface area (Å²) < 4.78 is 0. The summed E-state index contributed by atoms with van der Waals surface area (Å²) in [4.78, 5) is 24.1. The molecule has 0 aliphatic heterocycles. The van der Waals surface area contributed by atoms with Crippen LogP contribution < -0.4 is 16.4 Å². The van der Waals surface area contributed by atoms with Gasteiger partial charge in [0.1, 0.15) is 0 Å². The van der Waals surface area contributed by atoms with Crippen LogP contribution in [0.1, 0.15) is 25.7 Å². The van der Waals surface area contributed by atoms with E-state index >= 15 is 0 Å². The van der Waals surface area contributed by atoms with Crippen LogP contribution in [0, 0.1) is 0 Å². The van der Waals surface area contributed by atoms with Crippen molar-refractivity contribution in [1.82, 2.24) is 10.6 Å². The van der Waals surface area contributed by atoms with Gasteiger partial charge in [0.15, 0.2) is 0 Å². The number of nitrogen functional groups attached to an aromatic ring is 1. The third kappa shape index (κ3) is 5.13. The third-order valence-corrected chi connectivity index (χ3v) is 4.60. The van der Waals surface area contributed by atoms with Gasteiger partial charge in [-0.25, -0.2) is 4.79 Å². The van der Waals surface area contributed by atoms with Gasteiger partial charge in [-0.3, -0.25) is 10.1 Å². The maximum absolute atomic E-state index is 11.7. The molecule has 1 aliphatic carbocycles. The molecule has 0 atom stereocenters. The molecule has 7 heteroatoms. The van der Waals surface area contributed by atoms with Gasteiger partial charge in [0, 0.05) is 21.6 Å². The van der Waals surface area contributed by atoms with Gasteiger partial charge in [-0.1, -0.05) is 24.4 Å². The Bertz CT molecular complexity index is 533. The summed E-state index contributed by atoms with van der Waals surface area (Å²) in [6.07, 6.45) is 4.23. The first-order valence-electron chi connectivity index (χ1n) is 6.83. The average Bonchev–Trinajstić information content (AvgIpc) is 2.90. The minimum atomic E-state index is -0.420. The summed E-state index contributed by atoms with van der Waals surface area (Å²) in [5.74, 6) is -0.214. The topological polar surface area (TPSA) is 84.2 Å². The second-order valence-corrected chi connectivity index (χ2v) is 6.43. The van der Waals surface area contributed by atoms with Crippen LogP contribution in [-0.4, -0.2) is 23.7 Å². The van der Waals surface area contributed by atoms with Crippen molar-refractivity contribution in [3.63, 3.8) is 0 Å². The van der Waals surface area contributed by atoms with Gasteiger partial charge in [-0.05, 0) is 31.0 Å². The molecule has 0 bridgehead atoms. The number of anilines is 1. The molecule has 2 rings (SSSR count). The molecule has 1 aromatic rings. The number of thioether (sulfide) groups is 1. The normalized spacial score (nSPS) is 14.9. The summed E-state index contributed by atoms with van der Waals surface area (Å²) in [6, 6.07) is 4.88. The minimum absolute atomic E-state index is 0.129. The van der Waals surface area contributed by atoms with Gasteiger partial charge in [-0.15, -0.1) is 11.8 Å². The number of benzene rings is 1. The van der Waals surface area contributed by atoms with E-state index in [0.717, 1.165) is 30.6 Å². The van der Waals surface area contributed by atoms with E-state index < -0.39 is 6.03 Å². The number of hydrogen-bond donors (Lipinski definition) is 3. The second-order valence-electron chi connectivity index (χ2n) is 4.97. The summed E-state index contributed by atoms with van der Waals surface area (Å²) in [6.45, 7) is 0. The first-order chi connectivity index (χ1) is 10.0. The van der Waals surface area contributed by atoms with E-state index in [1.165, 1.54) is 11.8 Å². The lowest BCUT2D eigenvalue weighted by Gasteiger charge is -2.12. The molecule has 4 N–H and O–H groups in total. The number of nitrogens with one attached hydrogen (secondary N) is 2. The highest BCUT2D eigenvalue weighted by atomic mass is 35.5. The number of halogens is 1. The number of hydrogen-bond acceptors (Lipinski definition) is 4. The predicted molar refractivity (Wildman–Crippen MR) is 85.5 cm³/mol. The van der Waals surface area contributed by atoms with Crippen molar-refractivity contribution >= 4 is 41.0 Å². The van der Waals surface area contributed by atoms with E-state index in [-0.39, 0.29) is 17.7 Å². The van der Waals surface area contributed by atoms with E-state index in [1.807, 2.05) is 0 Å². The minimum Gasteiger partial charge on any atom is -0.398 e. The van der Waals surface area contributed by atoms with Crippen molar-refractivity contribution in [1.29, 1.82) is 0 Å². The summed E-state index contributed by atoms with van der Waals surface area (Å²) in [7, 11) is 0. The zero-order valence-electron chi connectivity index (χ0n) is 11.5. The standard InChI is InChI=1S/C14H18ClN3O2S/c15-9-5-6-12(11(16)7-9)21-8-13(19)18-14(20)17-10-3-1-2-4-10/h5-7,10H,1-4,8,16H2,(H2,17,18,19,20). The molecule has 5 nitrogen and oxygen atoms in total. The molecular weight excluding hydrogens is 310 g/mol. The van der Waals surface area contributed by atoms with E-state index in [4.69, 9.17) is 17.3 Å². The van der Waals surface area contributed by atoms with Crippen LogP contribution in [0.2, 0.25) is 5.02 Å². The molecule has 3 amide bonds. The highest BCUT2D eigenvalue weighted by Gasteiger charge is 2.18. The van der Waals surface area contributed by atoms with Crippen molar-refractivity contribution in [2.24, 2.45) is 0 Å². The average molecular weight is 328 g/mol. The second kappa shape index (κ2) is 7.56. The van der Waals surface area contributed by atoms with Crippen molar-refractivity contribution in [3.05, 3.63) is 23.2 Å². The number of urea groups is 1. The van der Waals surface area contributed by atoms with Gasteiger partial charge in [0.05, 0.1) is 5.75 Å². The number of imide groups is 1. The number of carbonyl (C=O) groups is 2. The van der Waals surface area contributed by atoms with Gasteiger partial charge >= 0.3 is 6.03 Å². The Morgan fingerprint density at radius 2 is 2.05 bits per heavy atom. The molecular formula is C14H18ClN3O2S. The van der Waals surface area contributed by atoms with Crippen molar-refractivity contribution in [3.8, 4) is 0 Å². The molecule has 0 saturated heterocycles. The fraction of sp³-hybridized carbons (Fsp3) is 0.429. The number of amides is 3. The maximum atomic E-state index is 11.7.